The van der Waals surface area contributed by atoms with Crippen molar-refractivity contribution in [1.29, 1.82) is 0 Å². The maximum atomic E-state index is 12.7. The highest BCUT2D eigenvalue weighted by molar-refractivity contribution is 9.10. The largest absolute Gasteiger partial charge is 0.488 e. The summed E-state index contributed by atoms with van der Waals surface area (Å²) in [5.41, 5.74) is 2.82. The summed E-state index contributed by atoms with van der Waals surface area (Å²) in [7, 11) is -3.70. The Bertz CT molecular complexity index is 1250. The molecule has 0 radical (unpaired) electrons. The molecular weight excluding hydrogens is 534 g/mol. The molecule has 0 aliphatic rings. The maximum absolute atomic E-state index is 12.7. The standard InChI is InChI=1S/C25H26BrN3O5S/c26-22-15-21(11-12-24(22)33-17-19-7-3-1-4-8-19)16-23(25(30)28-13-14-35(27,31)32)29-34-18-20-9-5-2-6-10-20/h1-12,15H,13-14,16-18H2,(H,28,30)(H2,27,31,32)/b29-23+. The Labute approximate surface area is 213 Å². The molecule has 0 fully saturated rings. The number of rotatable bonds is 12. The normalized spacial score (nSPS) is 11.7. The Morgan fingerprint density at radius 1 is 0.914 bits per heavy atom. The first-order valence-electron chi connectivity index (χ1n) is 10.8. The molecule has 1 amide bonds. The topological polar surface area (TPSA) is 120 Å². The Balaban J connectivity index is 1.68. The lowest BCUT2D eigenvalue weighted by molar-refractivity contribution is -0.115. The molecule has 0 aliphatic heterocycles. The Kier molecular flexibility index (Phi) is 9.83. The van der Waals surface area contributed by atoms with Crippen molar-refractivity contribution in [2.24, 2.45) is 10.3 Å². The van der Waals surface area contributed by atoms with E-state index >= 15 is 0 Å². The van der Waals surface area contributed by atoms with Gasteiger partial charge in [0.25, 0.3) is 5.91 Å². The lowest BCUT2D eigenvalue weighted by Gasteiger charge is -2.11. The predicted octanol–water partition coefficient (Wildman–Crippen LogP) is 3.55. The average molecular weight is 560 g/mol. The molecule has 10 heteroatoms. The number of carbonyl (C=O) groups is 1. The van der Waals surface area contributed by atoms with Crippen LogP contribution in [0.5, 0.6) is 5.75 Å². The first-order valence-corrected chi connectivity index (χ1v) is 13.3. The van der Waals surface area contributed by atoms with E-state index < -0.39 is 15.9 Å². The lowest BCUT2D eigenvalue weighted by atomic mass is 10.1. The van der Waals surface area contributed by atoms with Crippen molar-refractivity contribution in [2.45, 2.75) is 19.6 Å². The Morgan fingerprint density at radius 2 is 1.54 bits per heavy atom. The number of halogens is 1. The molecule has 0 bridgehead atoms. The number of sulfonamides is 1. The minimum Gasteiger partial charge on any atom is -0.488 e. The van der Waals surface area contributed by atoms with Crippen LogP contribution in [0.4, 0.5) is 0 Å². The van der Waals surface area contributed by atoms with Crippen LogP contribution in [0.1, 0.15) is 16.7 Å². The Morgan fingerprint density at radius 3 is 2.14 bits per heavy atom. The van der Waals surface area contributed by atoms with Crippen LogP contribution >= 0.6 is 15.9 Å². The zero-order valence-corrected chi connectivity index (χ0v) is 21.3. The molecule has 8 nitrogen and oxygen atoms in total. The molecule has 0 heterocycles. The van der Waals surface area contributed by atoms with Gasteiger partial charge in [-0.05, 0) is 44.8 Å². The number of oxime groups is 1. The molecule has 3 aromatic rings. The van der Waals surface area contributed by atoms with Crippen molar-refractivity contribution >= 4 is 37.6 Å². The first kappa shape index (κ1) is 26.4. The summed E-state index contributed by atoms with van der Waals surface area (Å²) in [5.74, 6) is -0.258. The molecular formula is C25H26BrN3O5S. The fourth-order valence-corrected chi connectivity index (χ4v) is 3.95. The van der Waals surface area contributed by atoms with E-state index in [0.29, 0.717) is 12.4 Å². The SMILES string of the molecule is NS(=O)(=O)CCNC(=O)/C(Cc1ccc(OCc2ccccc2)c(Br)c1)=N/OCc1ccccc1. The van der Waals surface area contributed by atoms with E-state index in [1.54, 1.807) is 0 Å². The number of hydrogen-bond donors (Lipinski definition) is 2. The molecule has 0 aliphatic carbocycles. The fraction of sp³-hybridized carbons (Fsp3) is 0.200. The average Bonchev–Trinajstić information content (AvgIpc) is 2.83. The second kappa shape index (κ2) is 13.0. The zero-order valence-electron chi connectivity index (χ0n) is 18.9. The van der Waals surface area contributed by atoms with Crippen LogP contribution in [-0.2, 0) is 39.3 Å². The highest BCUT2D eigenvalue weighted by atomic mass is 79.9. The van der Waals surface area contributed by atoms with Crippen molar-refractivity contribution < 1.29 is 22.8 Å². The van der Waals surface area contributed by atoms with Gasteiger partial charge in [0.05, 0.1) is 10.2 Å². The Hall–Kier alpha value is -3.21. The number of nitrogens with one attached hydrogen (secondary N) is 1. The number of primary sulfonamides is 1. The highest BCUT2D eigenvalue weighted by Crippen LogP contribution is 2.27. The van der Waals surface area contributed by atoms with E-state index in [1.165, 1.54) is 0 Å². The van der Waals surface area contributed by atoms with Crippen LogP contribution in [-0.4, -0.2) is 32.3 Å². The van der Waals surface area contributed by atoms with Gasteiger partial charge in [-0.15, -0.1) is 0 Å². The fourth-order valence-electron chi connectivity index (χ4n) is 3.02. The lowest BCUT2D eigenvalue weighted by Crippen LogP contribution is -2.36. The summed E-state index contributed by atoms with van der Waals surface area (Å²) < 4.78 is 28.9. The minimum absolute atomic E-state index is 0.0974. The van der Waals surface area contributed by atoms with Crippen molar-refractivity contribution in [3.63, 3.8) is 0 Å². The second-order valence-corrected chi connectivity index (χ2v) is 10.2. The number of hydrogen-bond acceptors (Lipinski definition) is 6. The number of amides is 1. The molecule has 0 aromatic heterocycles. The number of nitrogens with two attached hydrogens (primary N) is 1. The van der Waals surface area contributed by atoms with Gasteiger partial charge in [0.2, 0.25) is 10.0 Å². The molecule has 35 heavy (non-hydrogen) atoms. The number of carbonyl (C=O) groups excluding carboxylic acids is 1. The van der Waals surface area contributed by atoms with Gasteiger partial charge < -0.3 is 14.9 Å². The smallest absolute Gasteiger partial charge is 0.269 e. The monoisotopic (exact) mass is 559 g/mol. The minimum atomic E-state index is -3.70. The summed E-state index contributed by atoms with van der Waals surface area (Å²) >= 11 is 3.52. The molecule has 0 spiro atoms. The summed E-state index contributed by atoms with van der Waals surface area (Å²) in [4.78, 5) is 18.1. The summed E-state index contributed by atoms with van der Waals surface area (Å²) in [6.07, 6.45) is 0.160. The molecule has 184 valence electrons. The summed E-state index contributed by atoms with van der Waals surface area (Å²) in [6.45, 7) is 0.474. The summed E-state index contributed by atoms with van der Waals surface area (Å²) in [6, 6.07) is 24.7. The zero-order chi connectivity index (χ0) is 25.1. The van der Waals surface area contributed by atoms with Gasteiger partial charge in [-0.1, -0.05) is 71.9 Å². The first-order chi connectivity index (χ1) is 16.8. The number of ether oxygens (including phenoxy) is 1. The van der Waals surface area contributed by atoms with Gasteiger partial charge in [-0.2, -0.15) is 0 Å². The van der Waals surface area contributed by atoms with Crippen molar-refractivity contribution in [1.82, 2.24) is 5.32 Å². The maximum Gasteiger partial charge on any atom is 0.269 e. The van der Waals surface area contributed by atoms with Gasteiger partial charge in [0.1, 0.15) is 24.7 Å². The van der Waals surface area contributed by atoms with Gasteiger partial charge >= 0.3 is 0 Å². The molecule has 0 unspecified atom stereocenters. The quantitative estimate of drug-likeness (QED) is 0.259. The van der Waals surface area contributed by atoms with E-state index in [0.717, 1.165) is 21.2 Å². The van der Waals surface area contributed by atoms with Crippen LogP contribution < -0.4 is 15.2 Å². The van der Waals surface area contributed by atoms with E-state index in [9.17, 15) is 13.2 Å². The molecule has 3 aromatic carbocycles. The second-order valence-electron chi connectivity index (χ2n) is 7.64. The van der Waals surface area contributed by atoms with Crippen molar-refractivity contribution in [2.75, 3.05) is 12.3 Å². The van der Waals surface area contributed by atoms with Gasteiger partial charge in [0, 0.05) is 13.0 Å². The molecule has 0 saturated carbocycles. The molecule has 3 N–H and O–H groups in total. The van der Waals surface area contributed by atoms with Crippen molar-refractivity contribution in [3.8, 4) is 5.75 Å². The van der Waals surface area contributed by atoms with Gasteiger partial charge in [-0.3, -0.25) is 4.79 Å². The highest BCUT2D eigenvalue weighted by Gasteiger charge is 2.16. The van der Waals surface area contributed by atoms with Crippen LogP contribution in [0, 0.1) is 0 Å². The van der Waals surface area contributed by atoms with E-state index in [-0.39, 0.29) is 31.0 Å². The van der Waals surface area contributed by atoms with E-state index in [1.807, 2.05) is 78.9 Å². The predicted molar refractivity (Wildman–Crippen MR) is 138 cm³/mol. The molecule has 0 saturated heterocycles. The third-order valence-electron chi connectivity index (χ3n) is 4.79. The van der Waals surface area contributed by atoms with E-state index in [2.05, 4.69) is 26.4 Å². The van der Waals surface area contributed by atoms with Crippen LogP contribution in [0.3, 0.4) is 0 Å². The third kappa shape index (κ3) is 9.51. The van der Waals surface area contributed by atoms with Crippen LogP contribution in [0.25, 0.3) is 0 Å². The third-order valence-corrected chi connectivity index (χ3v) is 6.18. The molecule has 0 atom stereocenters. The summed E-state index contributed by atoms with van der Waals surface area (Å²) in [5, 5.41) is 11.6. The number of nitrogens with zero attached hydrogens (tertiary/aromatic N) is 1. The van der Waals surface area contributed by atoms with Gasteiger partial charge in [-0.25, -0.2) is 13.6 Å². The molecule has 3 rings (SSSR count). The number of benzene rings is 3. The van der Waals surface area contributed by atoms with Gasteiger partial charge in [0.15, 0.2) is 0 Å². The van der Waals surface area contributed by atoms with Crippen LogP contribution in [0.2, 0.25) is 0 Å². The van der Waals surface area contributed by atoms with Crippen LogP contribution in [0.15, 0.2) is 88.5 Å². The van der Waals surface area contributed by atoms with E-state index in [4.69, 9.17) is 14.7 Å². The van der Waals surface area contributed by atoms with Crippen molar-refractivity contribution in [3.05, 3.63) is 100 Å².